The monoisotopic (exact) mass is 456 g/mol. The molecule has 0 unspecified atom stereocenters. The normalized spacial score (nSPS) is 15.9. The average Bonchev–Trinajstić information content (AvgIpc) is 3.18. The zero-order valence-electron chi connectivity index (χ0n) is 19.1. The minimum atomic E-state index is -0.400. The molecule has 8 heteroatoms. The number of hydrogen-bond donors (Lipinski definition) is 1. The van der Waals surface area contributed by atoms with Crippen LogP contribution in [0.4, 0.5) is 4.79 Å². The van der Waals surface area contributed by atoms with Gasteiger partial charge in [-0.15, -0.1) is 0 Å². The maximum absolute atomic E-state index is 13.2. The third kappa shape index (κ3) is 5.59. The van der Waals surface area contributed by atoms with E-state index in [1.165, 1.54) is 9.91 Å². The maximum Gasteiger partial charge on any atom is 0.318 e. The van der Waals surface area contributed by atoms with Crippen molar-refractivity contribution in [2.24, 2.45) is 5.10 Å². The molecule has 3 rings (SSSR count). The summed E-state index contributed by atoms with van der Waals surface area (Å²) < 4.78 is 5.25. The van der Waals surface area contributed by atoms with Crippen LogP contribution < -0.4 is 10.1 Å². The van der Waals surface area contributed by atoms with Gasteiger partial charge >= 0.3 is 6.03 Å². The van der Waals surface area contributed by atoms with Crippen LogP contribution in [-0.2, 0) is 4.79 Å². The van der Waals surface area contributed by atoms with E-state index in [-0.39, 0.29) is 24.5 Å². The Balaban J connectivity index is 1.87. The Morgan fingerprint density at radius 3 is 2.44 bits per heavy atom. The zero-order chi connectivity index (χ0) is 23.5. The number of benzene rings is 2. The van der Waals surface area contributed by atoms with E-state index < -0.39 is 5.54 Å². The van der Waals surface area contributed by atoms with Gasteiger partial charge in [-0.2, -0.15) is 5.10 Å². The third-order valence-corrected chi connectivity index (χ3v) is 5.38. The van der Waals surface area contributed by atoms with E-state index in [9.17, 15) is 9.59 Å². The van der Waals surface area contributed by atoms with Gasteiger partial charge in [0.15, 0.2) is 0 Å². The van der Waals surface area contributed by atoms with Crippen LogP contribution in [0.3, 0.4) is 0 Å². The maximum atomic E-state index is 13.2. The van der Waals surface area contributed by atoms with Crippen LogP contribution in [0.2, 0.25) is 5.02 Å². The summed E-state index contributed by atoms with van der Waals surface area (Å²) in [6.45, 7) is 5.57. The molecular weight excluding hydrogens is 428 g/mol. The summed E-state index contributed by atoms with van der Waals surface area (Å²) in [7, 11) is 3.20. The predicted molar refractivity (Wildman–Crippen MR) is 126 cm³/mol. The molecule has 0 aromatic heterocycles. The highest BCUT2D eigenvalue weighted by Crippen LogP contribution is 2.35. The number of nitrogens with zero attached hydrogens (tertiary/aromatic N) is 3. The summed E-state index contributed by atoms with van der Waals surface area (Å²) >= 11 is 6.39. The van der Waals surface area contributed by atoms with Crippen LogP contribution in [0.1, 0.15) is 44.4 Å². The lowest BCUT2D eigenvalue weighted by atomic mass is 9.98. The molecule has 2 aromatic rings. The summed E-state index contributed by atoms with van der Waals surface area (Å²) in [4.78, 5) is 27.0. The second kappa shape index (κ2) is 9.61. The number of hydrogen-bond acceptors (Lipinski definition) is 4. The molecule has 32 heavy (non-hydrogen) atoms. The Morgan fingerprint density at radius 2 is 1.84 bits per heavy atom. The second-order valence-corrected chi connectivity index (χ2v) is 9.20. The van der Waals surface area contributed by atoms with E-state index in [0.717, 1.165) is 22.6 Å². The number of halogens is 1. The summed E-state index contributed by atoms with van der Waals surface area (Å²) in [5, 5.41) is 9.53. The Labute approximate surface area is 194 Å². The first kappa shape index (κ1) is 23.6. The molecule has 3 amide bonds. The molecule has 1 N–H and O–H groups in total. The quantitative estimate of drug-likeness (QED) is 0.721. The van der Waals surface area contributed by atoms with Gasteiger partial charge in [0, 0.05) is 29.6 Å². The summed E-state index contributed by atoms with van der Waals surface area (Å²) in [6.07, 6.45) is 0.514. The highest BCUT2D eigenvalue weighted by atomic mass is 35.5. The van der Waals surface area contributed by atoms with Gasteiger partial charge in [-0.3, -0.25) is 4.79 Å². The topological polar surface area (TPSA) is 74.2 Å². The van der Waals surface area contributed by atoms with Gasteiger partial charge in [0.2, 0.25) is 0 Å². The second-order valence-electron chi connectivity index (χ2n) is 8.79. The minimum absolute atomic E-state index is 0.103. The van der Waals surface area contributed by atoms with E-state index >= 15 is 0 Å². The molecule has 0 aliphatic carbocycles. The first-order valence-corrected chi connectivity index (χ1v) is 10.8. The standard InChI is InChI=1S/C24H29ClN4O3/c1-24(2,3)26-23(31)28(4)15-22(30)29-21(16-10-12-17(32-5)13-11-16)14-20(27-29)18-8-6-7-9-19(18)25/h6-13,21H,14-15H2,1-5H3,(H,26,31)/t21-/m0/s1. The van der Waals surface area contributed by atoms with Crippen molar-refractivity contribution in [3.8, 4) is 5.75 Å². The number of amides is 3. The molecule has 0 saturated heterocycles. The van der Waals surface area contributed by atoms with Crippen molar-refractivity contribution in [3.63, 3.8) is 0 Å². The van der Waals surface area contributed by atoms with Crippen molar-refractivity contribution in [3.05, 3.63) is 64.7 Å². The number of hydrazone groups is 1. The third-order valence-electron chi connectivity index (χ3n) is 5.05. The average molecular weight is 457 g/mol. The molecule has 0 saturated carbocycles. The molecular formula is C24H29ClN4O3. The number of urea groups is 1. The summed E-state index contributed by atoms with van der Waals surface area (Å²) in [5.41, 5.74) is 2.04. The van der Waals surface area contributed by atoms with Gasteiger partial charge in [0.1, 0.15) is 12.3 Å². The smallest absolute Gasteiger partial charge is 0.318 e. The Kier molecular flexibility index (Phi) is 7.09. The van der Waals surface area contributed by atoms with Crippen LogP contribution >= 0.6 is 11.6 Å². The van der Waals surface area contributed by atoms with E-state index in [4.69, 9.17) is 16.3 Å². The van der Waals surface area contributed by atoms with Crippen molar-refractivity contribution >= 4 is 29.3 Å². The number of nitrogens with one attached hydrogen (secondary N) is 1. The number of rotatable bonds is 5. The summed E-state index contributed by atoms with van der Waals surface area (Å²) in [5.74, 6) is 0.454. The SMILES string of the molecule is COc1ccc([C@@H]2CC(c3ccccc3Cl)=NN2C(=O)CN(C)C(=O)NC(C)(C)C)cc1. The molecule has 170 valence electrons. The van der Waals surface area contributed by atoms with Gasteiger partial charge in [0.25, 0.3) is 5.91 Å². The molecule has 0 radical (unpaired) electrons. The molecule has 7 nitrogen and oxygen atoms in total. The van der Waals surface area contributed by atoms with Crippen LogP contribution in [0.5, 0.6) is 5.75 Å². The van der Waals surface area contributed by atoms with Crippen LogP contribution in [0.25, 0.3) is 0 Å². The van der Waals surface area contributed by atoms with Gasteiger partial charge in [-0.05, 0) is 44.5 Å². The fourth-order valence-corrected chi connectivity index (χ4v) is 3.69. The van der Waals surface area contributed by atoms with Crippen LogP contribution in [-0.4, -0.2) is 53.8 Å². The van der Waals surface area contributed by atoms with Crippen molar-refractivity contribution in [2.75, 3.05) is 20.7 Å². The Morgan fingerprint density at radius 1 is 1.19 bits per heavy atom. The molecule has 0 spiro atoms. The van der Waals surface area contributed by atoms with E-state index in [0.29, 0.717) is 11.4 Å². The fourth-order valence-electron chi connectivity index (χ4n) is 3.45. The van der Waals surface area contributed by atoms with Gasteiger partial charge in [-0.1, -0.05) is 41.9 Å². The highest BCUT2D eigenvalue weighted by molar-refractivity contribution is 6.34. The Bertz CT molecular complexity index is 1010. The van der Waals surface area contributed by atoms with Crippen LogP contribution in [0.15, 0.2) is 53.6 Å². The zero-order valence-corrected chi connectivity index (χ0v) is 19.8. The first-order chi connectivity index (χ1) is 15.1. The lowest BCUT2D eigenvalue weighted by molar-refractivity contribution is -0.133. The van der Waals surface area contributed by atoms with Gasteiger partial charge in [0.05, 0.1) is 18.9 Å². The molecule has 1 atom stereocenters. The highest BCUT2D eigenvalue weighted by Gasteiger charge is 2.34. The van der Waals surface area contributed by atoms with Crippen LogP contribution in [0, 0.1) is 0 Å². The fraction of sp³-hybridized carbons (Fsp3) is 0.375. The number of ether oxygens (including phenoxy) is 1. The van der Waals surface area contributed by atoms with E-state index in [2.05, 4.69) is 10.4 Å². The molecule has 0 bridgehead atoms. The molecule has 1 aliphatic heterocycles. The number of carbonyl (C=O) groups excluding carboxylic acids is 2. The van der Waals surface area contributed by atoms with Crippen molar-refractivity contribution < 1.29 is 14.3 Å². The minimum Gasteiger partial charge on any atom is -0.497 e. The van der Waals surface area contributed by atoms with Crippen molar-refractivity contribution in [1.82, 2.24) is 15.2 Å². The Hall–Kier alpha value is -3.06. The van der Waals surface area contributed by atoms with Gasteiger partial charge < -0.3 is 15.0 Å². The number of likely N-dealkylation sites (N-methyl/N-ethyl adjacent to an activating group) is 1. The first-order valence-electron chi connectivity index (χ1n) is 10.4. The number of methoxy groups -OCH3 is 1. The van der Waals surface area contributed by atoms with Gasteiger partial charge in [-0.25, -0.2) is 9.80 Å². The largest absolute Gasteiger partial charge is 0.497 e. The van der Waals surface area contributed by atoms with Crippen molar-refractivity contribution in [1.29, 1.82) is 0 Å². The lowest BCUT2D eigenvalue weighted by Crippen LogP contribution is -2.49. The molecule has 1 heterocycles. The molecule has 1 aliphatic rings. The van der Waals surface area contributed by atoms with E-state index in [1.807, 2.05) is 63.2 Å². The molecule has 2 aromatic carbocycles. The number of carbonyl (C=O) groups is 2. The van der Waals surface area contributed by atoms with Crippen molar-refractivity contribution in [2.45, 2.75) is 38.8 Å². The molecule has 0 fully saturated rings. The van der Waals surface area contributed by atoms with E-state index in [1.54, 1.807) is 20.2 Å². The lowest BCUT2D eigenvalue weighted by Gasteiger charge is -2.28. The predicted octanol–water partition coefficient (Wildman–Crippen LogP) is 4.47. The summed E-state index contributed by atoms with van der Waals surface area (Å²) in [6, 6.07) is 14.4.